The smallest absolute Gasteiger partial charge is 0.342 e. The average Bonchev–Trinajstić information content (AvgIpc) is 3.11. The van der Waals surface area contributed by atoms with Crippen molar-refractivity contribution in [2.45, 2.75) is 18.9 Å². The highest BCUT2D eigenvalue weighted by Gasteiger charge is 2.31. The van der Waals surface area contributed by atoms with E-state index in [1.807, 2.05) is 0 Å². The van der Waals surface area contributed by atoms with E-state index in [0.717, 1.165) is 12.8 Å². The molecule has 2 rings (SSSR count). The molecule has 1 heterocycles. The zero-order valence-electron chi connectivity index (χ0n) is 9.17. The van der Waals surface area contributed by atoms with E-state index < -0.39 is 10.8 Å². The van der Waals surface area contributed by atoms with Gasteiger partial charge in [0.15, 0.2) is 0 Å². The van der Waals surface area contributed by atoms with Gasteiger partial charge in [-0.15, -0.1) is 0 Å². The summed E-state index contributed by atoms with van der Waals surface area (Å²) in [5.41, 5.74) is -0.602. The van der Waals surface area contributed by atoms with Crippen molar-refractivity contribution in [2.24, 2.45) is 0 Å². The molecule has 17 heavy (non-hydrogen) atoms. The molecule has 7 heteroatoms. The monoisotopic (exact) mass is 237 g/mol. The fraction of sp³-hybridized carbons (Fsp3) is 0.400. The molecule has 0 saturated heterocycles. The molecule has 90 valence electrons. The van der Waals surface area contributed by atoms with E-state index in [9.17, 15) is 14.9 Å². The molecule has 0 aliphatic heterocycles. The summed E-state index contributed by atoms with van der Waals surface area (Å²) in [6.07, 6.45) is 3.12. The van der Waals surface area contributed by atoms with Gasteiger partial charge in [-0.1, -0.05) is 0 Å². The fourth-order valence-electron chi connectivity index (χ4n) is 1.36. The first-order valence-electron chi connectivity index (χ1n) is 5.15. The zero-order chi connectivity index (χ0) is 12.4. The van der Waals surface area contributed by atoms with E-state index in [2.05, 4.69) is 10.3 Å². The molecular formula is C10H11N3O4. The van der Waals surface area contributed by atoms with E-state index >= 15 is 0 Å². The lowest BCUT2D eigenvalue weighted by Crippen LogP contribution is -2.21. The number of hydrogen-bond donors (Lipinski definition) is 1. The lowest BCUT2D eigenvalue weighted by atomic mass is 10.2. The predicted molar refractivity (Wildman–Crippen MR) is 57.9 cm³/mol. The van der Waals surface area contributed by atoms with Gasteiger partial charge in [0.1, 0.15) is 0 Å². The summed E-state index contributed by atoms with van der Waals surface area (Å²) >= 11 is 0. The molecule has 0 spiro atoms. The lowest BCUT2D eigenvalue weighted by molar-refractivity contribution is -0.386. The Balaban J connectivity index is 2.43. The topological polar surface area (TPSA) is 94.4 Å². The van der Waals surface area contributed by atoms with Gasteiger partial charge >= 0.3 is 5.69 Å². The number of nitrogens with one attached hydrogen (secondary N) is 1. The summed E-state index contributed by atoms with van der Waals surface area (Å²) < 4.78 is 5.39. The number of ether oxygens (including phenoxy) is 1. The molecule has 0 bridgehead atoms. The van der Waals surface area contributed by atoms with Crippen molar-refractivity contribution in [3.63, 3.8) is 0 Å². The van der Waals surface area contributed by atoms with Crippen LogP contribution in [0.2, 0.25) is 0 Å². The Morgan fingerprint density at radius 2 is 2.35 bits per heavy atom. The molecule has 7 nitrogen and oxygen atoms in total. The lowest BCUT2D eigenvalue weighted by Gasteiger charge is -2.07. The van der Waals surface area contributed by atoms with Gasteiger partial charge in [0, 0.05) is 19.3 Å². The maximum atomic E-state index is 11.5. The van der Waals surface area contributed by atoms with Gasteiger partial charge in [-0.25, -0.2) is 4.98 Å². The molecule has 1 aliphatic carbocycles. The molecule has 1 saturated carbocycles. The van der Waals surface area contributed by atoms with Crippen molar-refractivity contribution in [2.75, 3.05) is 7.05 Å². The van der Waals surface area contributed by atoms with Gasteiger partial charge in [-0.3, -0.25) is 14.9 Å². The van der Waals surface area contributed by atoms with E-state index in [1.54, 1.807) is 0 Å². The predicted octanol–water partition coefficient (Wildman–Crippen LogP) is 0.891. The van der Waals surface area contributed by atoms with Gasteiger partial charge < -0.3 is 10.1 Å². The molecule has 0 aromatic carbocycles. The van der Waals surface area contributed by atoms with Crippen LogP contribution < -0.4 is 10.1 Å². The van der Waals surface area contributed by atoms with Crippen molar-refractivity contribution in [3.8, 4) is 5.75 Å². The van der Waals surface area contributed by atoms with Crippen molar-refractivity contribution < 1.29 is 14.5 Å². The van der Waals surface area contributed by atoms with Gasteiger partial charge in [0.25, 0.3) is 5.91 Å². The number of nitrogens with zero attached hydrogens (tertiary/aromatic N) is 2. The van der Waals surface area contributed by atoms with E-state index in [1.165, 1.54) is 19.3 Å². The zero-order valence-corrected chi connectivity index (χ0v) is 9.17. The van der Waals surface area contributed by atoms with Gasteiger partial charge in [-0.05, 0) is 12.8 Å². The number of hydrogen-bond acceptors (Lipinski definition) is 5. The largest absolute Gasteiger partial charge is 0.483 e. The number of carbonyl (C=O) groups is 1. The maximum absolute atomic E-state index is 11.5. The summed E-state index contributed by atoms with van der Waals surface area (Å²) in [7, 11) is 1.39. The third-order valence-electron chi connectivity index (χ3n) is 2.33. The van der Waals surface area contributed by atoms with E-state index in [4.69, 9.17) is 4.74 Å². The number of aromatic nitrogens is 1. The van der Waals surface area contributed by atoms with Crippen LogP contribution in [0.3, 0.4) is 0 Å². The summed E-state index contributed by atoms with van der Waals surface area (Å²) in [4.78, 5) is 25.5. The molecule has 0 radical (unpaired) electrons. The van der Waals surface area contributed by atoms with Crippen molar-refractivity contribution in [1.82, 2.24) is 10.3 Å². The normalized spacial score (nSPS) is 14.2. The van der Waals surface area contributed by atoms with Crippen molar-refractivity contribution in [1.29, 1.82) is 0 Å². The number of carbonyl (C=O) groups excluding carboxylic acids is 1. The molecule has 1 N–H and O–H groups in total. The second-order valence-electron chi connectivity index (χ2n) is 3.66. The van der Waals surface area contributed by atoms with Gasteiger partial charge in [-0.2, -0.15) is 0 Å². The third-order valence-corrected chi connectivity index (χ3v) is 2.33. The average molecular weight is 237 g/mol. The second kappa shape index (κ2) is 4.36. The molecule has 1 fully saturated rings. The highest BCUT2D eigenvalue weighted by atomic mass is 16.6. The number of pyridine rings is 1. The summed E-state index contributed by atoms with van der Waals surface area (Å²) in [5, 5.41) is 13.3. The Morgan fingerprint density at radius 3 is 2.88 bits per heavy atom. The standard InChI is InChI=1S/C10H11N3O4/c1-11-10(14)8-9(13(15)16)7(4-5-12-8)17-6-2-3-6/h4-6H,2-3H2,1H3,(H,11,14). The minimum atomic E-state index is -0.644. The summed E-state index contributed by atoms with van der Waals surface area (Å²) in [6.45, 7) is 0. The highest BCUT2D eigenvalue weighted by Crippen LogP contribution is 2.34. The van der Waals surface area contributed by atoms with Gasteiger partial charge in [0.2, 0.25) is 11.4 Å². The van der Waals surface area contributed by atoms with Crippen LogP contribution in [-0.2, 0) is 0 Å². The molecule has 0 atom stereocenters. The minimum absolute atomic E-state index is 0.0219. The number of rotatable bonds is 4. The van der Waals surface area contributed by atoms with Crippen LogP contribution >= 0.6 is 0 Å². The Morgan fingerprint density at radius 1 is 1.65 bits per heavy atom. The first-order chi connectivity index (χ1) is 8.13. The SMILES string of the molecule is CNC(=O)c1nccc(OC2CC2)c1[N+](=O)[O-]. The Hall–Kier alpha value is -2.18. The van der Waals surface area contributed by atoms with Crippen LogP contribution in [0.25, 0.3) is 0 Å². The van der Waals surface area contributed by atoms with Crippen LogP contribution in [0.15, 0.2) is 12.3 Å². The minimum Gasteiger partial charge on any atom is -0.483 e. The number of amides is 1. The molecule has 0 unspecified atom stereocenters. The second-order valence-corrected chi connectivity index (χ2v) is 3.66. The number of nitro groups is 1. The molecular weight excluding hydrogens is 226 g/mol. The summed E-state index contributed by atoms with van der Waals surface area (Å²) in [6, 6.07) is 1.41. The quantitative estimate of drug-likeness (QED) is 0.619. The van der Waals surface area contributed by atoms with Crippen LogP contribution in [0.4, 0.5) is 5.69 Å². The van der Waals surface area contributed by atoms with Crippen LogP contribution in [-0.4, -0.2) is 29.0 Å². The first-order valence-corrected chi connectivity index (χ1v) is 5.15. The van der Waals surface area contributed by atoms with Crippen LogP contribution in [0.1, 0.15) is 23.3 Å². The molecule has 1 aliphatic rings. The molecule has 1 aromatic rings. The van der Waals surface area contributed by atoms with Crippen LogP contribution in [0, 0.1) is 10.1 Å². The fourth-order valence-corrected chi connectivity index (χ4v) is 1.36. The van der Waals surface area contributed by atoms with E-state index in [-0.39, 0.29) is 23.2 Å². The maximum Gasteiger partial charge on any atom is 0.342 e. The Labute approximate surface area is 96.9 Å². The molecule has 1 aromatic heterocycles. The molecule has 1 amide bonds. The van der Waals surface area contributed by atoms with Crippen molar-refractivity contribution >= 4 is 11.6 Å². The Bertz CT molecular complexity index is 471. The van der Waals surface area contributed by atoms with Crippen LogP contribution in [0.5, 0.6) is 5.75 Å². The first kappa shape index (κ1) is 11.3. The Kier molecular flexibility index (Phi) is 2.90. The summed E-state index contributed by atoms with van der Waals surface area (Å²) in [5.74, 6) is -0.496. The van der Waals surface area contributed by atoms with E-state index in [0.29, 0.717) is 0 Å². The van der Waals surface area contributed by atoms with Gasteiger partial charge in [0.05, 0.1) is 11.0 Å². The third kappa shape index (κ3) is 2.32. The highest BCUT2D eigenvalue weighted by molar-refractivity contribution is 5.96. The van der Waals surface area contributed by atoms with Crippen molar-refractivity contribution in [3.05, 3.63) is 28.1 Å².